The van der Waals surface area contributed by atoms with Gasteiger partial charge in [-0.3, -0.25) is 4.72 Å². The fraction of sp³-hybridized carbons (Fsp3) is 0. The number of azo groups is 1. The highest BCUT2D eigenvalue weighted by atomic mass is 35.5. The Labute approximate surface area is 166 Å². The number of nitrogens with zero attached hydrogens (tertiary/aromatic N) is 2. The number of carbonyl (C=O) groups is 1. The van der Waals surface area contributed by atoms with E-state index in [1.54, 1.807) is 12.1 Å². The van der Waals surface area contributed by atoms with Gasteiger partial charge in [-0.1, -0.05) is 29.8 Å². The first kappa shape index (κ1) is 19.5. The third kappa shape index (κ3) is 4.73. The van der Waals surface area contributed by atoms with Gasteiger partial charge in [-0.2, -0.15) is 10.2 Å². The fourth-order valence-electron chi connectivity index (χ4n) is 2.26. The Kier molecular flexibility index (Phi) is 5.72. The van der Waals surface area contributed by atoms with Gasteiger partial charge in [0.15, 0.2) is 0 Å². The van der Waals surface area contributed by atoms with Crippen LogP contribution in [0.25, 0.3) is 0 Å². The SMILES string of the molecule is O=C(O)c1cc(S(=O)(=O)Nc2ccc(N=Nc3ccccc3)cc2)ccc1Cl. The minimum Gasteiger partial charge on any atom is -0.478 e. The summed E-state index contributed by atoms with van der Waals surface area (Å²) in [5.74, 6) is -1.31. The Morgan fingerprint density at radius 2 is 1.50 bits per heavy atom. The van der Waals surface area contributed by atoms with Gasteiger partial charge in [-0.15, -0.1) is 0 Å². The standard InChI is InChI=1S/C19H14ClN3O4S/c20-18-11-10-16(12-17(18)19(24)25)28(26,27)23-15-8-6-14(7-9-15)22-21-13-4-2-1-3-5-13/h1-12,23H,(H,24,25). The van der Waals surface area contributed by atoms with Gasteiger partial charge >= 0.3 is 5.97 Å². The van der Waals surface area contributed by atoms with Gasteiger partial charge < -0.3 is 5.11 Å². The summed E-state index contributed by atoms with van der Waals surface area (Å²) in [6, 6.07) is 18.9. The molecular weight excluding hydrogens is 402 g/mol. The summed E-state index contributed by atoms with van der Waals surface area (Å²) in [5.41, 5.74) is 1.25. The summed E-state index contributed by atoms with van der Waals surface area (Å²) in [6.07, 6.45) is 0. The molecule has 0 aliphatic carbocycles. The molecule has 3 aromatic rings. The van der Waals surface area contributed by atoms with Crippen molar-refractivity contribution in [1.29, 1.82) is 0 Å². The van der Waals surface area contributed by atoms with E-state index >= 15 is 0 Å². The van der Waals surface area contributed by atoms with Crippen LogP contribution >= 0.6 is 11.6 Å². The third-order valence-corrected chi connectivity index (χ3v) is 5.34. The number of carboxylic acid groups (broad SMARTS) is 1. The summed E-state index contributed by atoms with van der Waals surface area (Å²) in [7, 11) is -3.98. The van der Waals surface area contributed by atoms with Gasteiger partial charge in [0.05, 0.1) is 26.9 Å². The quantitative estimate of drug-likeness (QED) is 0.535. The van der Waals surface area contributed by atoms with Crippen LogP contribution < -0.4 is 4.72 Å². The highest BCUT2D eigenvalue weighted by Gasteiger charge is 2.18. The number of sulfonamides is 1. The van der Waals surface area contributed by atoms with E-state index in [9.17, 15) is 13.2 Å². The maximum absolute atomic E-state index is 12.5. The molecule has 0 atom stereocenters. The molecule has 28 heavy (non-hydrogen) atoms. The van der Waals surface area contributed by atoms with Crippen molar-refractivity contribution in [2.24, 2.45) is 10.2 Å². The summed E-state index contributed by atoms with van der Waals surface area (Å²) in [5, 5.41) is 17.2. The predicted molar refractivity (Wildman–Crippen MR) is 106 cm³/mol. The molecule has 3 aromatic carbocycles. The summed E-state index contributed by atoms with van der Waals surface area (Å²) >= 11 is 5.78. The number of anilines is 1. The topological polar surface area (TPSA) is 108 Å². The summed E-state index contributed by atoms with van der Waals surface area (Å²) in [4.78, 5) is 10.9. The normalized spacial score (nSPS) is 11.5. The second kappa shape index (κ2) is 8.20. The zero-order chi connectivity index (χ0) is 20.1. The number of aromatic carboxylic acids is 1. The van der Waals surface area contributed by atoms with Crippen LogP contribution in [-0.2, 0) is 10.0 Å². The van der Waals surface area contributed by atoms with Crippen LogP contribution in [0.3, 0.4) is 0 Å². The number of carboxylic acids is 1. The second-order valence-electron chi connectivity index (χ2n) is 5.63. The van der Waals surface area contributed by atoms with Gasteiger partial charge in [-0.25, -0.2) is 13.2 Å². The van der Waals surface area contributed by atoms with Gasteiger partial charge in [0.2, 0.25) is 0 Å². The smallest absolute Gasteiger partial charge is 0.337 e. The molecule has 0 aliphatic rings. The van der Waals surface area contributed by atoms with Crippen molar-refractivity contribution in [1.82, 2.24) is 0 Å². The lowest BCUT2D eigenvalue weighted by molar-refractivity contribution is 0.0697. The molecule has 0 fully saturated rings. The number of halogens is 1. The van der Waals surface area contributed by atoms with Gasteiger partial charge in [-0.05, 0) is 54.6 Å². The van der Waals surface area contributed by atoms with Crippen LogP contribution in [0.15, 0.2) is 87.9 Å². The lowest BCUT2D eigenvalue weighted by Crippen LogP contribution is -2.13. The van der Waals surface area contributed by atoms with E-state index in [2.05, 4.69) is 15.0 Å². The van der Waals surface area contributed by atoms with E-state index < -0.39 is 16.0 Å². The minimum atomic E-state index is -3.98. The van der Waals surface area contributed by atoms with Crippen LogP contribution in [-0.4, -0.2) is 19.5 Å². The van der Waals surface area contributed by atoms with Crippen molar-refractivity contribution < 1.29 is 18.3 Å². The van der Waals surface area contributed by atoms with Crippen LogP contribution in [0, 0.1) is 0 Å². The van der Waals surface area contributed by atoms with E-state index in [0.717, 1.165) is 6.07 Å². The van der Waals surface area contributed by atoms with Gasteiger partial charge in [0.25, 0.3) is 10.0 Å². The first-order chi connectivity index (χ1) is 13.3. The Hall–Kier alpha value is -3.23. The Bertz CT molecular complexity index is 1130. The maximum atomic E-state index is 12.5. The molecule has 3 rings (SSSR count). The summed E-state index contributed by atoms with van der Waals surface area (Å²) in [6.45, 7) is 0. The monoisotopic (exact) mass is 415 g/mol. The molecule has 0 heterocycles. The number of nitrogens with one attached hydrogen (secondary N) is 1. The molecule has 0 unspecified atom stereocenters. The Balaban J connectivity index is 1.77. The van der Waals surface area contributed by atoms with Crippen LogP contribution in [0.4, 0.5) is 17.1 Å². The molecule has 2 N–H and O–H groups in total. The molecule has 0 spiro atoms. The first-order valence-electron chi connectivity index (χ1n) is 7.98. The average molecular weight is 416 g/mol. The molecule has 0 aromatic heterocycles. The molecule has 0 bridgehead atoms. The molecular formula is C19H14ClN3O4S. The molecule has 0 aliphatic heterocycles. The number of rotatable bonds is 6. The largest absolute Gasteiger partial charge is 0.478 e. The lowest BCUT2D eigenvalue weighted by Gasteiger charge is -2.09. The molecule has 0 amide bonds. The number of hydrogen-bond acceptors (Lipinski definition) is 5. The minimum absolute atomic E-state index is 0.0421. The van der Waals surface area contributed by atoms with Crippen molar-refractivity contribution in [2.75, 3.05) is 4.72 Å². The fourth-order valence-corrected chi connectivity index (χ4v) is 3.54. The van der Waals surface area contributed by atoms with E-state index in [-0.39, 0.29) is 15.5 Å². The van der Waals surface area contributed by atoms with E-state index in [4.69, 9.17) is 16.7 Å². The van der Waals surface area contributed by atoms with Gasteiger partial charge in [0, 0.05) is 5.69 Å². The van der Waals surface area contributed by atoms with Crippen molar-refractivity contribution in [3.05, 3.63) is 83.4 Å². The van der Waals surface area contributed by atoms with Crippen LogP contribution in [0.2, 0.25) is 5.02 Å². The third-order valence-electron chi connectivity index (χ3n) is 3.64. The Morgan fingerprint density at radius 1 is 0.893 bits per heavy atom. The highest BCUT2D eigenvalue weighted by molar-refractivity contribution is 7.92. The van der Waals surface area contributed by atoms with Crippen molar-refractivity contribution in [3.8, 4) is 0 Å². The second-order valence-corrected chi connectivity index (χ2v) is 7.72. The molecule has 0 saturated carbocycles. The predicted octanol–water partition coefficient (Wildman–Crippen LogP) is 5.25. The zero-order valence-electron chi connectivity index (χ0n) is 14.3. The van der Waals surface area contributed by atoms with Crippen molar-refractivity contribution >= 4 is 44.7 Å². The highest BCUT2D eigenvalue weighted by Crippen LogP contribution is 2.24. The number of hydrogen-bond donors (Lipinski definition) is 2. The Morgan fingerprint density at radius 3 is 2.11 bits per heavy atom. The van der Waals surface area contributed by atoms with E-state index in [0.29, 0.717) is 17.1 Å². The van der Waals surface area contributed by atoms with E-state index in [1.165, 1.54) is 24.3 Å². The maximum Gasteiger partial charge on any atom is 0.337 e. The summed E-state index contributed by atoms with van der Waals surface area (Å²) < 4.78 is 27.4. The van der Waals surface area contributed by atoms with Crippen molar-refractivity contribution in [2.45, 2.75) is 4.90 Å². The molecule has 9 heteroatoms. The number of benzene rings is 3. The lowest BCUT2D eigenvalue weighted by atomic mass is 10.2. The van der Waals surface area contributed by atoms with E-state index in [1.807, 2.05) is 30.3 Å². The molecule has 142 valence electrons. The molecule has 0 saturated heterocycles. The first-order valence-corrected chi connectivity index (χ1v) is 9.84. The van der Waals surface area contributed by atoms with Crippen LogP contribution in [0.5, 0.6) is 0 Å². The zero-order valence-corrected chi connectivity index (χ0v) is 15.9. The van der Waals surface area contributed by atoms with Crippen LogP contribution in [0.1, 0.15) is 10.4 Å². The molecule has 0 radical (unpaired) electrons. The average Bonchev–Trinajstić information content (AvgIpc) is 2.68. The van der Waals surface area contributed by atoms with Gasteiger partial charge in [0.1, 0.15) is 0 Å². The molecule has 7 nitrogen and oxygen atoms in total. The van der Waals surface area contributed by atoms with Crippen molar-refractivity contribution in [3.63, 3.8) is 0 Å².